The summed E-state index contributed by atoms with van der Waals surface area (Å²) < 4.78 is 6.03. The molecule has 0 aromatic heterocycles. The van der Waals surface area contributed by atoms with Crippen molar-refractivity contribution in [3.8, 4) is 5.75 Å². The van der Waals surface area contributed by atoms with E-state index in [2.05, 4.69) is 21.2 Å². The third-order valence-corrected chi connectivity index (χ3v) is 3.23. The third kappa shape index (κ3) is 3.96. The Balaban J connectivity index is 1.95. The van der Waals surface area contributed by atoms with Crippen LogP contribution in [0.2, 0.25) is 0 Å². The number of carbonyl (C=O) groups excluding carboxylic acids is 1. The van der Waals surface area contributed by atoms with Gasteiger partial charge in [-0.05, 0) is 48.5 Å². The van der Waals surface area contributed by atoms with E-state index in [9.17, 15) is 4.79 Å². The van der Waals surface area contributed by atoms with Gasteiger partial charge in [0, 0.05) is 28.0 Å². The molecule has 0 atom stereocenters. The van der Waals surface area contributed by atoms with Crippen LogP contribution in [-0.2, 0) is 0 Å². The van der Waals surface area contributed by atoms with Crippen molar-refractivity contribution in [2.24, 2.45) is 0 Å². The van der Waals surface area contributed by atoms with Gasteiger partial charge in [-0.1, -0.05) is 15.9 Å². The Morgan fingerprint density at radius 3 is 2.35 bits per heavy atom. The highest BCUT2D eigenvalue weighted by Crippen LogP contribution is 2.15. The summed E-state index contributed by atoms with van der Waals surface area (Å²) >= 11 is 3.34. The summed E-state index contributed by atoms with van der Waals surface area (Å²) in [5.74, 6) is 0.754. The third-order valence-electron chi connectivity index (χ3n) is 2.70. The maximum atomic E-state index is 11.9. The molecule has 4 heteroatoms. The maximum absolute atomic E-state index is 11.9. The molecule has 2 aromatic carbocycles. The average molecular weight is 332 g/mol. The van der Waals surface area contributed by atoms with Crippen molar-refractivity contribution in [3.63, 3.8) is 0 Å². The summed E-state index contributed by atoms with van der Waals surface area (Å²) in [6, 6.07) is 14.7. The summed E-state index contributed by atoms with van der Waals surface area (Å²) in [5.41, 5.74) is 1.55. The molecular weight excluding hydrogens is 318 g/mol. The quantitative estimate of drug-likeness (QED) is 0.656. The van der Waals surface area contributed by atoms with Crippen LogP contribution >= 0.6 is 15.9 Å². The smallest absolute Gasteiger partial charge is 0.187 e. The van der Waals surface area contributed by atoms with Crippen LogP contribution in [0.1, 0.15) is 10.4 Å². The Hall–Kier alpha value is -2.07. The summed E-state index contributed by atoms with van der Waals surface area (Å²) in [4.78, 5) is 11.9. The lowest BCUT2D eigenvalue weighted by Crippen LogP contribution is -1.96. The number of hydrogen-bond acceptors (Lipinski definition) is 3. The SMILES string of the molecule is COc1ccc(NC=CC(=O)c2ccc(Br)cc2)cc1. The predicted molar refractivity (Wildman–Crippen MR) is 84.2 cm³/mol. The molecule has 20 heavy (non-hydrogen) atoms. The second-order valence-electron chi connectivity index (χ2n) is 4.08. The highest BCUT2D eigenvalue weighted by molar-refractivity contribution is 9.10. The van der Waals surface area contributed by atoms with Gasteiger partial charge < -0.3 is 10.1 Å². The molecule has 0 aliphatic heterocycles. The van der Waals surface area contributed by atoms with Gasteiger partial charge in [-0.15, -0.1) is 0 Å². The Morgan fingerprint density at radius 1 is 1.10 bits per heavy atom. The van der Waals surface area contributed by atoms with Crippen molar-refractivity contribution in [1.82, 2.24) is 0 Å². The van der Waals surface area contributed by atoms with Crippen LogP contribution in [0.5, 0.6) is 5.75 Å². The lowest BCUT2D eigenvalue weighted by atomic mass is 10.1. The molecule has 0 bridgehead atoms. The molecule has 0 radical (unpaired) electrons. The fraction of sp³-hybridized carbons (Fsp3) is 0.0625. The molecule has 0 unspecified atom stereocenters. The molecule has 2 rings (SSSR count). The van der Waals surface area contributed by atoms with E-state index in [1.165, 1.54) is 6.08 Å². The number of halogens is 1. The lowest BCUT2D eigenvalue weighted by molar-refractivity contribution is 0.104. The zero-order chi connectivity index (χ0) is 14.4. The first kappa shape index (κ1) is 14.3. The minimum absolute atomic E-state index is 0.0430. The number of nitrogens with one attached hydrogen (secondary N) is 1. The van der Waals surface area contributed by atoms with E-state index in [0.717, 1.165) is 15.9 Å². The number of hydrogen-bond donors (Lipinski definition) is 1. The van der Waals surface area contributed by atoms with E-state index in [-0.39, 0.29) is 5.78 Å². The first-order chi connectivity index (χ1) is 9.69. The van der Waals surface area contributed by atoms with Crippen molar-refractivity contribution in [2.75, 3.05) is 12.4 Å². The van der Waals surface area contributed by atoms with Crippen molar-refractivity contribution in [1.29, 1.82) is 0 Å². The van der Waals surface area contributed by atoms with Crippen LogP contribution in [-0.4, -0.2) is 12.9 Å². The predicted octanol–water partition coefficient (Wildman–Crippen LogP) is 4.27. The van der Waals surface area contributed by atoms with Crippen molar-refractivity contribution < 1.29 is 9.53 Å². The van der Waals surface area contributed by atoms with Crippen LogP contribution in [0.3, 0.4) is 0 Å². The van der Waals surface area contributed by atoms with Gasteiger partial charge >= 0.3 is 0 Å². The van der Waals surface area contributed by atoms with E-state index >= 15 is 0 Å². The summed E-state index contributed by atoms with van der Waals surface area (Å²) in [6.45, 7) is 0. The van der Waals surface area contributed by atoms with Crippen LogP contribution in [0, 0.1) is 0 Å². The summed E-state index contributed by atoms with van der Waals surface area (Å²) in [6.07, 6.45) is 3.14. The highest BCUT2D eigenvalue weighted by atomic mass is 79.9. The number of carbonyl (C=O) groups is 1. The van der Waals surface area contributed by atoms with Gasteiger partial charge in [0.05, 0.1) is 7.11 Å². The second-order valence-corrected chi connectivity index (χ2v) is 4.99. The molecule has 2 aromatic rings. The molecule has 3 nitrogen and oxygen atoms in total. The highest BCUT2D eigenvalue weighted by Gasteiger charge is 2.00. The Kier molecular flexibility index (Phi) is 4.96. The number of anilines is 1. The first-order valence-corrected chi connectivity index (χ1v) is 6.85. The zero-order valence-corrected chi connectivity index (χ0v) is 12.6. The van der Waals surface area contributed by atoms with Gasteiger partial charge in [0.1, 0.15) is 5.75 Å². The Morgan fingerprint density at radius 2 is 1.75 bits per heavy atom. The molecule has 102 valence electrons. The molecule has 0 heterocycles. The number of benzene rings is 2. The number of ketones is 1. The first-order valence-electron chi connectivity index (χ1n) is 6.06. The van der Waals surface area contributed by atoms with Gasteiger partial charge in [0.15, 0.2) is 5.78 Å². The van der Waals surface area contributed by atoms with Crippen molar-refractivity contribution >= 4 is 27.4 Å². The molecule has 0 amide bonds. The largest absolute Gasteiger partial charge is 0.497 e. The molecule has 0 aliphatic carbocycles. The molecule has 1 N–H and O–H groups in total. The van der Waals surface area contributed by atoms with E-state index in [0.29, 0.717) is 5.56 Å². The van der Waals surface area contributed by atoms with E-state index in [1.807, 2.05) is 36.4 Å². The molecule has 0 aliphatic rings. The van der Waals surface area contributed by atoms with Crippen molar-refractivity contribution in [3.05, 3.63) is 70.8 Å². The number of ether oxygens (including phenoxy) is 1. The number of allylic oxidation sites excluding steroid dienone is 1. The van der Waals surface area contributed by atoms with Gasteiger partial charge in [-0.25, -0.2) is 0 Å². The standard InChI is InChI=1S/C16H14BrNO2/c1-20-15-8-6-14(7-9-15)18-11-10-16(19)12-2-4-13(17)5-3-12/h2-11,18H,1H3. The minimum atomic E-state index is -0.0430. The van der Waals surface area contributed by atoms with Gasteiger partial charge in [-0.3, -0.25) is 4.79 Å². The van der Waals surface area contributed by atoms with E-state index < -0.39 is 0 Å². The van der Waals surface area contributed by atoms with E-state index in [4.69, 9.17) is 4.74 Å². The van der Waals surface area contributed by atoms with E-state index in [1.54, 1.807) is 25.4 Å². The van der Waals surface area contributed by atoms with Crippen molar-refractivity contribution in [2.45, 2.75) is 0 Å². The monoisotopic (exact) mass is 331 g/mol. The molecule has 0 spiro atoms. The van der Waals surface area contributed by atoms with Gasteiger partial charge in [-0.2, -0.15) is 0 Å². The summed E-state index contributed by atoms with van der Waals surface area (Å²) in [5, 5.41) is 3.04. The molecular formula is C16H14BrNO2. The second kappa shape index (κ2) is 6.91. The Labute approximate surface area is 126 Å². The molecule has 0 saturated carbocycles. The molecule has 0 fully saturated rings. The fourth-order valence-corrected chi connectivity index (χ4v) is 1.88. The average Bonchev–Trinajstić information content (AvgIpc) is 2.48. The molecule has 0 saturated heterocycles. The zero-order valence-electron chi connectivity index (χ0n) is 11.0. The van der Waals surface area contributed by atoms with Gasteiger partial charge in [0.25, 0.3) is 0 Å². The van der Waals surface area contributed by atoms with Crippen LogP contribution in [0.15, 0.2) is 65.3 Å². The van der Waals surface area contributed by atoms with Crippen LogP contribution in [0.4, 0.5) is 5.69 Å². The van der Waals surface area contributed by atoms with Gasteiger partial charge in [0.2, 0.25) is 0 Å². The number of methoxy groups -OCH3 is 1. The fourth-order valence-electron chi connectivity index (χ4n) is 1.61. The lowest BCUT2D eigenvalue weighted by Gasteiger charge is -2.02. The van der Waals surface area contributed by atoms with Crippen LogP contribution in [0.25, 0.3) is 0 Å². The maximum Gasteiger partial charge on any atom is 0.187 e. The topological polar surface area (TPSA) is 38.3 Å². The van der Waals surface area contributed by atoms with Crippen LogP contribution < -0.4 is 10.1 Å². The number of rotatable bonds is 5. The summed E-state index contributed by atoms with van der Waals surface area (Å²) in [7, 11) is 1.62. The normalized spacial score (nSPS) is 10.5. The minimum Gasteiger partial charge on any atom is -0.497 e. The Bertz CT molecular complexity index is 603.